The number of urea groups is 1. The van der Waals surface area contributed by atoms with Crippen LogP contribution in [0.15, 0.2) is 36.4 Å². The van der Waals surface area contributed by atoms with E-state index < -0.39 is 0 Å². The number of methoxy groups -OCH3 is 2. The van der Waals surface area contributed by atoms with Gasteiger partial charge in [0.15, 0.2) is 0 Å². The van der Waals surface area contributed by atoms with Crippen molar-refractivity contribution in [3.05, 3.63) is 53.1 Å². The van der Waals surface area contributed by atoms with Gasteiger partial charge in [-0.3, -0.25) is 0 Å². The van der Waals surface area contributed by atoms with Crippen molar-refractivity contribution < 1.29 is 14.3 Å². The molecule has 2 aromatic rings. The minimum Gasteiger partial charge on any atom is -0.497 e. The summed E-state index contributed by atoms with van der Waals surface area (Å²) in [4.78, 5) is 14.7. The molecule has 6 heteroatoms. The maximum absolute atomic E-state index is 12.9. The predicted molar refractivity (Wildman–Crippen MR) is 106 cm³/mol. The van der Waals surface area contributed by atoms with Gasteiger partial charge >= 0.3 is 6.03 Å². The number of thioether (sulfide) groups is 1. The Morgan fingerprint density at radius 1 is 1.12 bits per heavy atom. The number of carbonyl (C=O) groups is 1. The number of benzene rings is 2. The molecule has 3 rings (SSSR count). The van der Waals surface area contributed by atoms with Gasteiger partial charge < -0.3 is 19.7 Å². The van der Waals surface area contributed by atoms with E-state index in [4.69, 9.17) is 9.47 Å². The zero-order chi connectivity index (χ0) is 18.7. The molecule has 1 heterocycles. The summed E-state index contributed by atoms with van der Waals surface area (Å²) in [6, 6.07) is 11.5. The number of ether oxygens (including phenoxy) is 2. The first-order valence-corrected chi connectivity index (χ1v) is 9.56. The summed E-state index contributed by atoms with van der Waals surface area (Å²) in [7, 11) is 3.28. The van der Waals surface area contributed by atoms with E-state index in [9.17, 15) is 4.79 Å². The zero-order valence-electron chi connectivity index (χ0n) is 15.5. The number of carbonyl (C=O) groups excluding carboxylic acids is 1. The third kappa shape index (κ3) is 3.75. The van der Waals surface area contributed by atoms with E-state index in [0.717, 1.165) is 34.1 Å². The molecule has 1 aliphatic heterocycles. The second-order valence-corrected chi connectivity index (χ2v) is 7.44. The number of hydrogen-bond acceptors (Lipinski definition) is 4. The summed E-state index contributed by atoms with van der Waals surface area (Å²) in [6.45, 7) is 4.79. The monoisotopic (exact) mass is 372 g/mol. The molecule has 1 fully saturated rings. The molecule has 0 radical (unpaired) electrons. The minimum absolute atomic E-state index is 0.104. The molecule has 0 aliphatic carbocycles. The quantitative estimate of drug-likeness (QED) is 0.852. The van der Waals surface area contributed by atoms with Gasteiger partial charge in [0.2, 0.25) is 0 Å². The first-order valence-electron chi connectivity index (χ1n) is 8.52. The van der Waals surface area contributed by atoms with Gasteiger partial charge in [-0.2, -0.15) is 0 Å². The van der Waals surface area contributed by atoms with Crippen LogP contribution in [-0.2, 0) is 0 Å². The molecule has 2 aromatic carbocycles. The Balaban J connectivity index is 1.83. The van der Waals surface area contributed by atoms with Gasteiger partial charge in [0, 0.05) is 23.5 Å². The topological polar surface area (TPSA) is 50.8 Å². The van der Waals surface area contributed by atoms with Crippen LogP contribution in [0.5, 0.6) is 11.5 Å². The molecule has 0 unspecified atom stereocenters. The molecule has 0 spiro atoms. The smallest absolute Gasteiger partial charge is 0.323 e. The maximum atomic E-state index is 12.9. The van der Waals surface area contributed by atoms with Gasteiger partial charge in [0.05, 0.1) is 14.2 Å². The summed E-state index contributed by atoms with van der Waals surface area (Å²) >= 11 is 1.73. The number of nitrogens with one attached hydrogen (secondary N) is 1. The van der Waals surface area contributed by atoms with Crippen molar-refractivity contribution in [3.63, 3.8) is 0 Å². The number of anilines is 1. The average Bonchev–Trinajstić information content (AvgIpc) is 3.14. The second kappa shape index (κ2) is 7.91. The fraction of sp³-hybridized carbons (Fsp3) is 0.350. The van der Waals surface area contributed by atoms with Gasteiger partial charge in [0.1, 0.15) is 16.9 Å². The molecule has 1 aliphatic rings. The van der Waals surface area contributed by atoms with Crippen LogP contribution in [0, 0.1) is 13.8 Å². The van der Waals surface area contributed by atoms with E-state index in [1.807, 2.05) is 48.2 Å². The van der Waals surface area contributed by atoms with Crippen molar-refractivity contribution in [1.82, 2.24) is 4.90 Å². The standard InChI is InChI=1S/C20H24N2O3S/c1-13-5-6-15(11-14(13)2)21-20(23)22-9-10-26-19(22)17-12-16(24-3)7-8-18(17)25-4/h5-8,11-12,19H,9-10H2,1-4H3,(H,21,23)/t19-/m1/s1. The highest BCUT2D eigenvalue weighted by atomic mass is 32.2. The fourth-order valence-electron chi connectivity index (χ4n) is 2.98. The number of hydrogen-bond donors (Lipinski definition) is 1. The third-order valence-electron chi connectivity index (χ3n) is 4.61. The van der Waals surface area contributed by atoms with E-state index in [2.05, 4.69) is 12.2 Å². The molecule has 1 saturated heterocycles. The Bertz CT molecular complexity index is 810. The van der Waals surface area contributed by atoms with Crippen molar-refractivity contribution in [2.45, 2.75) is 19.2 Å². The Morgan fingerprint density at radius 2 is 1.92 bits per heavy atom. The Hall–Kier alpha value is -2.34. The van der Waals surface area contributed by atoms with E-state index in [1.165, 1.54) is 5.56 Å². The molecule has 2 amide bonds. The van der Waals surface area contributed by atoms with E-state index in [1.54, 1.807) is 26.0 Å². The predicted octanol–water partition coefficient (Wildman–Crippen LogP) is 4.60. The van der Waals surface area contributed by atoms with Gasteiger partial charge in [-0.05, 0) is 55.3 Å². The SMILES string of the molecule is COc1ccc(OC)c([C@H]2SCCN2C(=O)Nc2ccc(C)c(C)c2)c1. The highest BCUT2D eigenvalue weighted by Gasteiger charge is 2.33. The van der Waals surface area contributed by atoms with Gasteiger partial charge in [0.25, 0.3) is 0 Å². The van der Waals surface area contributed by atoms with Gasteiger partial charge in [-0.1, -0.05) is 6.07 Å². The van der Waals surface area contributed by atoms with Gasteiger partial charge in [-0.25, -0.2) is 4.79 Å². The Morgan fingerprint density at radius 3 is 2.62 bits per heavy atom. The summed E-state index contributed by atoms with van der Waals surface area (Å²) in [5.41, 5.74) is 4.12. The molecule has 0 aromatic heterocycles. The molecule has 5 nitrogen and oxygen atoms in total. The number of rotatable bonds is 4. The highest BCUT2D eigenvalue weighted by Crippen LogP contribution is 2.43. The average molecular weight is 372 g/mol. The van der Waals surface area contributed by atoms with Crippen molar-refractivity contribution in [3.8, 4) is 11.5 Å². The normalized spacial score (nSPS) is 16.5. The van der Waals surface area contributed by atoms with Crippen molar-refractivity contribution in [2.24, 2.45) is 0 Å². The highest BCUT2D eigenvalue weighted by molar-refractivity contribution is 7.99. The van der Waals surface area contributed by atoms with Crippen LogP contribution < -0.4 is 14.8 Å². The van der Waals surface area contributed by atoms with Crippen LogP contribution in [0.2, 0.25) is 0 Å². The van der Waals surface area contributed by atoms with E-state index >= 15 is 0 Å². The molecule has 0 saturated carbocycles. The number of amides is 2. The molecule has 1 N–H and O–H groups in total. The Labute approximate surface area is 158 Å². The molecule has 26 heavy (non-hydrogen) atoms. The lowest BCUT2D eigenvalue weighted by Gasteiger charge is -2.26. The van der Waals surface area contributed by atoms with Crippen LogP contribution >= 0.6 is 11.8 Å². The Kier molecular flexibility index (Phi) is 5.61. The van der Waals surface area contributed by atoms with Crippen LogP contribution in [0.4, 0.5) is 10.5 Å². The molecule has 138 valence electrons. The van der Waals surface area contributed by atoms with Crippen molar-refractivity contribution in [1.29, 1.82) is 0 Å². The number of nitrogens with zero attached hydrogens (tertiary/aromatic N) is 1. The molecular formula is C20H24N2O3S. The zero-order valence-corrected chi connectivity index (χ0v) is 16.4. The fourth-order valence-corrected chi connectivity index (χ4v) is 4.25. The van der Waals surface area contributed by atoms with Crippen LogP contribution in [0.3, 0.4) is 0 Å². The summed E-state index contributed by atoms with van der Waals surface area (Å²) in [6.07, 6.45) is 0. The summed E-state index contributed by atoms with van der Waals surface area (Å²) in [5.74, 6) is 2.39. The van der Waals surface area contributed by atoms with Crippen molar-refractivity contribution >= 4 is 23.5 Å². The minimum atomic E-state index is -0.105. The largest absolute Gasteiger partial charge is 0.497 e. The second-order valence-electron chi connectivity index (χ2n) is 6.25. The number of aryl methyl sites for hydroxylation is 2. The van der Waals surface area contributed by atoms with Crippen LogP contribution in [0.25, 0.3) is 0 Å². The summed E-state index contributed by atoms with van der Waals surface area (Å²) in [5, 5.41) is 2.91. The molecule has 1 atom stereocenters. The lowest BCUT2D eigenvalue weighted by molar-refractivity contribution is 0.213. The van der Waals surface area contributed by atoms with Crippen LogP contribution in [0.1, 0.15) is 22.1 Å². The molecule has 0 bridgehead atoms. The van der Waals surface area contributed by atoms with Crippen LogP contribution in [-0.4, -0.2) is 37.4 Å². The van der Waals surface area contributed by atoms with E-state index in [-0.39, 0.29) is 11.4 Å². The lowest BCUT2D eigenvalue weighted by Crippen LogP contribution is -2.34. The maximum Gasteiger partial charge on any atom is 0.323 e. The van der Waals surface area contributed by atoms with Gasteiger partial charge in [-0.15, -0.1) is 11.8 Å². The van der Waals surface area contributed by atoms with E-state index in [0.29, 0.717) is 6.54 Å². The third-order valence-corrected chi connectivity index (χ3v) is 5.86. The lowest BCUT2D eigenvalue weighted by atomic mass is 10.1. The summed E-state index contributed by atoms with van der Waals surface area (Å²) < 4.78 is 10.9. The first kappa shape index (κ1) is 18.5. The van der Waals surface area contributed by atoms with Crippen molar-refractivity contribution in [2.75, 3.05) is 31.8 Å². The first-order chi connectivity index (χ1) is 12.5. The molecular weight excluding hydrogens is 348 g/mol.